The lowest BCUT2D eigenvalue weighted by molar-refractivity contribution is 0.300. The Hall–Kier alpha value is -0.220. The number of nitrogens with one attached hydrogen (secondary N) is 1. The molecule has 0 bridgehead atoms. The van der Waals surface area contributed by atoms with Crippen LogP contribution in [0, 0.1) is 5.92 Å². The molecule has 0 saturated heterocycles. The van der Waals surface area contributed by atoms with Crippen LogP contribution in [0.3, 0.4) is 0 Å². The van der Waals surface area contributed by atoms with Crippen molar-refractivity contribution in [1.29, 1.82) is 0 Å². The lowest BCUT2D eigenvalue weighted by atomic mass is 10.2. The summed E-state index contributed by atoms with van der Waals surface area (Å²) in [7, 11) is 0. The molecule has 0 radical (unpaired) electrons. The average Bonchev–Trinajstić information content (AvgIpc) is 2.31. The maximum absolute atomic E-state index is 9.13. The number of halogens is 1. The monoisotopic (exact) mass is 287 g/mol. The molecular weight excluding hydrogens is 266 g/mol. The lowest BCUT2D eigenvalue weighted by Crippen LogP contribution is -2.19. The first-order chi connectivity index (χ1) is 8.52. The van der Waals surface area contributed by atoms with Gasteiger partial charge in [-0.25, -0.2) is 0 Å². The summed E-state index contributed by atoms with van der Waals surface area (Å²) in [6.45, 7) is 8.39. The van der Waals surface area contributed by atoms with Crippen LogP contribution in [0.2, 0.25) is 5.02 Å². The summed E-state index contributed by atoms with van der Waals surface area (Å²) < 4.78 is 0. The van der Waals surface area contributed by atoms with E-state index in [-0.39, 0.29) is 11.9 Å². The highest BCUT2D eigenvalue weighted by molar-refractivity contribution is 8.00. The van der Waals surface area contributed by atoms with Crippen molar-refractivity contribution >= 4 is 23.4 Å². The topological polar surface area (TPSA) is 32.3 Å². The largest absolute Gasteiger partial charge is 0.395 e. The van der Waals surface area contributed by atoms with Gasteiger partial charge in [0, 0.05) is 21.7 Å². The quantitative estimate of drug-likeness (QED) is 0.752. The molecule has 0 fully saturated rings. The van der Waals surface area contributed by atoms with Crippen LogP contribution in [0.5, 0.6) is 0 Å². The molecule has 0 aliphatic carbocycles. The third-order valence-electron chi connectivity index (χ3n) is 2.48. The van der Waals surface area contributed by atoms with Gasteiger partial charge in [0.15, 0.2) is 0 Å². The highest BCUT2D eigenvalue weighted by atomic mass is 35.5. The molecule has 1 unspecified atom stereocenters. The summed E-state index contributed by atoms with van der Waals surface area (Å²) >= 11 is 7.73. The Morgan fingerprint density at radius 1 is 1.33 bits per heavy atom. The Kier molecular flexibility index (Phi) is 7.08. The van der Waals surface area contributed by atoms with Crippen LogP contribution in [0.15, 0.2) is 23.1 Å². The Labute approximate surface area is 119 Å². The molecule has 102 valence electrons. The smallest absolute Gasteiger partial charge is 0.0550 e. The van der Waals surface area contributed by atoms with Crippen LogP contribution < -0.4 is 5.32 Å². The first-order valence-electron chi connectivity index (χ1n) is 6.29. The van der Waals surface area contributed by atoms with E-state index in [0.717, 1.165) is 18.1 Å². The van der Waals surface area contributed by atoms with Gasteiger partial charge in [0.25, 0.3) is 0 Å². The highest BCUT2D eigenvalue weighted by Crippen LogP contribution is 2.28. The van der Waals surface area contributed by atoms with Gasteiger partial charge in [-0.05, 0) is 36.2 Å². The molecule has 0 spiro atoms. The standard InChI is InChI=1S/C14H22ClNOS/c1-10(2)7-16-8-12-6-13(15)4-5-14(12)18-11(3)9-17/h4-6,10-11,16-17H,7-9H2,1-3H3. The molecule has 0 aromatic heterocycles. The zero-order chi connectivity index (χ0) is 13.5. The van der Waals surface area contributed by atoms with Gasteiger partial charge in [-0.3, -0.25) is 0 Å². The fourth-order valence-electron chi connectivity index (χ4n) is 1.55. The van der Waals surface area contributed by atoms with Gasteiger partial charge in [-0.1, -0.05) is 32.4 Å². The number of hydrogen-bond acceptors (Lipinski definition) is 3. The molecule has 1 aromatic rings. The molecule has 0 aliphatic rings. The summed E-state index contributed by atoms with van der Waals surface area (Å²) in [6.07, 6.45) is 0. The molecule has 1 rings (SSSR count). The summed E-state index contributed by atoms with van der Waals surface area (Å²) in [6, 6.07) is 5.94. The number of thioether (sulfide) groups is 1. The van der Waals surface area contributed by atoms with Crippen LogP contribution in [0.1, 0.15) is 26.3 Å². The number of aliphatic hydroxyl groups is 1. The van der Waals surface area contributed by atoms with Gasteiger partial charge in [0.1, 0.15) is 0 Å². The second-order valence-corrected chi connectivity index (χ2v) is 6.80. The van der Waals surface area contributed by atoms with Crippen LogP contribution in [-0.2, 0) is 6.54 Å². The zero-order valence-electron chi connectivity index (χ0n) is 11.2. The Balaban J connectivity index is 2.70. The van der Waals surface area contributed by atoms with Crippen molar-refractivity contribution in [3.05, 3.63) is 28.8 Å². The first-order valence-corrected chi connectivity index (χ1v) is 7.55. The van der Waals surface area contributed by atoms with Gasteiger partial charge in [0.2, 0.25) is 0 Å². The molecule has 0 aliphatic heterocycles. The van der Waals surface area contributed by atoms with E-state index in [2.05, 4.69) is 19.2 Å². The maximum Gasteiger partial charge on any atom is 0.0550 e. The van der Waals surface area contributed by atoms with E-state index >= 15 is 0 Å². The fourth-order valence-corrected chi connectivity index (χ4v) is 2.68. The predicted molar refractivity (Wildman–Crippen MR) is 80.4 cm³/mol. The normalized spacial score (nSPS) is 13.0. The summed E-state index contributed by atoms with van der Waals surface area (Å²) in [5.74, 6) is 0.636. The average molecular weight is 288 g/mol. The molecular formula is C14H22ClNOS. The van der Waals surface area contributed by atoms with Crippen molar-refractivity contribution in [1.82, 2.24) is 5.32 Å². The Morgan fingerprint density at radius 3 is 2.67 bits per heavy atom. The fraction of sp³-hybridized carbons (Fsp3) is 0.571. The van der Waals surface area contributed by atoms with Crippen molar-refractivity contribution in [2.24, 2.45) is 5.92 Å². The third kappa shape index (κ3) is 5.61. The molecule has 1 atom stereocenters. The minimum Gasteiger partial charge on any atom is -0.395 e. The van der Waals surface area contributed by atoms with E-state index in [1.54, 1.807) is 11.8 Å². The predicted octanol–water partition coefficient (Wildman–Crippen LogP) is 3.56. The number of aliphatic hydroxyl groups excluding tert-OH is 1. The van der Waals surface area contributed by atoms with Gasteiger partial charge in [0.05, 0.1) is 6.61 Å². The second-order valence-electron chi connectivity index (χ2n) is 4.89. The minimum atomic E-state index is 0.187. The molecule has 0 saturated carbocycles. The van der Waals surface area contributed by atoms with E-state index < -0.39 is 0 Å². The summed E-state index contributed by atoms with van der Waals surface area (Å²) in [5, 5.41) is 13.5. The Bertz CT molecular complexity index is 371. The molecule has 0 heterocycles. The van der Waals surface area contributed by atoms with Gasteiger partial charge < -0.3 is 10.4 Å². The molecule has 0 amide bonds. The third-order valence-corrected chi connectivity index (χ3v) is 3.91. The van der Waals surface area contributed by atoms with Gasteiger partial charge in [-0.2, -0.15) is 0 Å². The number of rotatable bonds is 7. The minimum absolute atomic E-state index is 0.187. The van der Waals surface area contributed by atoms with E-state index in [1.165, 1.54) is 10.5 Å². The van der Waals surface area contributed by atoms with E-state index in [9.17, 15) is 0 Å². The Morgan fingerprint density at radius 2 is 2.06 bits per heavy atom. The molecule has 1 aromatic carbocycles. The van der Waals surface area contributed by atoms with Gasteiger partial charge >= 0.3 is 0 Å². The SMILES string of the molecule is CC(C)CNCc1cc(Cl)ccc1SC(C)CO. The van der Waals surface area contributed by atoms with E-state index in [0.29, 0.717) is 5.92 Å². The van der Waals surface area contributed by atoms with E-state index in [1.807, 2.05) is 25.1 Å². The van der Waals surface area contributed by atoms with Crippen molar-refractivity contribution in [3.63, 3.8) is 0 Å². The molecule has 4 heteroatoms. The van der Waals surface area contributed by atoms with Crippen LogP contribution >= 0.6 is 23.4 Å². The van der Waals surface area contributed by atoms with Crippen LogP contribution in [0.25, 0.3) is 0 Å². The van der Waals surface area contributed by atoms with Gasteiger partial charge in [-0.15, -0.1) is 11.8 Å². The molecule has 2 nitrogen and oxygen atoms in total. The summed E-state index contributed by atoms with van der Waals surface area (Å²) in [4.78, 5) is 1.19. The lowest BCUT2D eigenvalue weighted by Gasteiger charge is -2.14. The van der Waals surface area contributed by atoms with Crippen LogP contribution in [-0.4, -0.2) is 23.5 Å². The highest BCUT2D eigenvalue weighted by Gasteiger charge is 2.08. The first kappa shape index (κ1) is 15.8. The maximum atomic E-state index is 9.13. The molecule has 2 N–H and O–H groups in total. The van der Waals surface area contributed by atoms with E-state index in [4.69, 9.17) is 16.7 Å². The van der Waals surface area contributed by atoms with Crippen LogP contribution in [0.4, 0.5) is 0 Å². The summed E-state index contributed by atoms with van der Waals surface area (Å²) in [5.41, 5.74) is 1.20. The number of hydrogen-bond donors (Lipinski definition) is 2. The van der Waals surface area contributed by atoms with Crippen molar-refractivity contribution in [2.75, 3.05) is 13.2 Å². The van der Waals surface area contributed by atoms with Crippen molar-refractivity contribution in [3.8, 4) is 0 Å². The number of benzene rings is 1. The molecule has 18 heavy (non-hydrogen) atoms. The second kappa shape index (κ2) is 8.05. The van der Waals surface area contributed by atoms with Crippen molar-refractivity contribution < 1.29 is 5.11 Å². The van der Waals surface area contributed by atoms with Crippen molar-refractivity contribution in [2.45, 2.75) is 37.5 Å². The zero-order valence-corrected chi connectivity index (χ0v) is 12.8.